The molecule has 49 heavy (non-hydrogen) atoms. The Morgan fingerprint density at radius 1 is 0.755 bits per heavy atom. The van der Waals surface area contributed by atoms with Crippen molar-refractivity contribution >= 4 is 16.4 Å². The molecule has 1 aliphatic rings. The predicted molar refractivity (Wildman–Crippen MR) is 188 cm³/mol. The quantitative estimate of drug-likeness (QED) is 0.0262. The van der Waals surface area contributed by atoms with Crippen LogP contribution >= 0.6 is 0 Å². The van der Waals surface area contributed by atoms with Crippen molar-refractivity contribution in [2.75, 3.05) is 26.4 Å². The summed E-state index contributed by atoms with van der Waals surface area (Å²) in [5, 5.41) is 30.5. The largest absolute Gasteiger partial charge is 0.457 e. The molecule has 6 atom stereocenters. The van der Waals surface area contributed by atoms with Crippen molar-refractivity contribution in [1.29, 1.82) is 0 Å². The molecule has 0 aliphatic carbocycles. The molecule has 0 bridgehead atoms. The van der Waals surface area contributed by atoms with Gasteiger partial charge in [0.25, 0.3) is 0 Å². The lowest BCUT2D eigenvalue weighted by molar-refractivity contribution is -0.301. The Labute approximate surface area is 296 Å². The second-order valence-electron chi connectivity index (χ2n) is 13.2. The maximum absolute atomic E-state index is 12.7. The molecule has 0 aromatic rings. The highest BCUT2D eigenvalue weighted by molar-refractivity contribution is 7.80. The summed E-state index contributed by atoms with van der Waals surface area (Å²) in [6.45, 7) is 3.91. The van der Waals surface area contributed by atoms with E-state index in [9.17, 15) is 28.5 Å². The van der Waals surface area contributed by atoms with Gasteiger partial charge in [-0.2, -0.15) is 8.42 Å². The molecule has 0 spiro atoms. The zero-order valence-electron chi connectivity index (χ0n) is 30.3. The third-order valence-corrected chi connectivity index (χ3v) is 9.10. The summed E-state index contributed by atoms with van der Waals surface area (Å²) in [4.78, 5) is 12.7. The van der Waals surface area contributed by atoms with E-state index in [1.165, 1.54) is 64.2 Å². The normalized spacial score (nSPS) is 22.1. The minimum atomic E-state index is -5.05. The molecule has 0 amide bonds. The van der Waals surface area contributed by atoms with Crippen molar-refractivity contribution in [3.63, 3.8) is 0 Å². The first-order chi connectivity index (χ1) is 23.6. The van der Waals surface area contributed by atoms with Crippen LogP contribution in [0.15, 0.2) is 12.2 Å². The van der Waals surface area contributed by atoms with Crippen LogP contribution in [0.1, 0.15) is 149 Å². The van der Waals surface area contributed by atoms with Gasteiger partial charge in [-0.1, -0.05) is 122 Å². The molecule has 13 heteroatoms. The Bertz CT molecular complexity index is 931. The number of unbranched alkanes of at least 4 members (excludes halogenated alkanes) is 17. The smallest absolute Gasteiger partial charge is 0.397 e. The fraction of sp³-hybridized carbons (Fsp3) is 0.917. The number of esters is 1. The molecule has 1 rings (SSSR count). The predicted octanol–water partition coefficient (Wildman–Crippen LogP) is 6.35. The lowest BCUT2D eigenvalue weighted by atomic mass is 9.99. The molecule has 0 aromatic carbocycles. The van der Waals surface area contributed by atoms with Crippen LogP contribution in [0.25, 0.3) is 0 Å². The van der Waals surface area contributed by atoms with Gasteiger partial charge in [0, 0.05) is 13.0 Å². The van der Waals surface area contributed by atoms with Gasteiger partial charge in [-0.25, -0.2) is 4.18 Å². The number of carbonyl (C=O) groups is 1. The van der Waals surface area contributed by atoms with Crippen molar-refractivity contribution in [2.45, 2.75) is 185 Å². The molecule has 6 unspecified atom stereocenters. The highest BCUT2D eigenvalue weighted by Gasteiger charge is 2.48. The molecular formula is C36H68O12S. The van der Waals surface area contributed by atoms with Crippen molar-refractivity contribution in [3.05, 3.63) is 12.2 Å². The molecule has 1 aliphatic heterocycles. The van der Waals surface area contributed by atoms with E-state index in [1.54, 1.807) is 0 Å². The highest BCUT2D eigenvalue weighted by Crippen LogP contribution is 2.26. The van der Waals surface area contributed by atoms with Crippen LogP contribution in [0.4, 0.5) is 0 Å². The monoisotopic (exact) mass is 724 g/mol. The van der Waals surface area contributed by atoms with Crippen molar-refractivity contribution in [3.8, 4) is 0 Å². The molecule has 0 aromatic heterocycles. The first kappa shape index (κ1) is 45.9. The molecular weight excluding hydrogens is 656 g/mol. The average Bonchev–Trinajstić information content (AvgIpc) is 3.06. The number of hydrogen-bond donors (Lipinski definition) is 4. The molecule has 1 fully saturated rings. The first-order valence-corrected chi connectivity index (χ1v) is 20.3. The van der Waals surface area contributed by atoms with Gasteiger partial charge in [0.15, 0.2) is 6.29 Å². The Kier molecular flexibility index (Phi) is 27.5. The van der Waals surface area contributed by atoms with Crippen molar-refractivity contribution in [2.24, 2.45) is 0 Å². The van der Waals surface area contributed by atoms with Gasteiger partial charge in [-0.3, -0.25) is 9.35 Å². The topological polar surface area (TPSA) is 178 Å². The Morgan fingerprint density at radius 3 is 1.90 bits per heavy atom. The summed E-state index contributed by atoms with van der Waals surface area (Å²) in [5.41, 5.74) is 0. The number of allylic oxidation sites excluding steroid dienone is 2. The molecule has 0 radical (unpaired) electrons. The molecule has 12 nitrogen and oxygen atoms in total. The van der Waals surface area contributed by atoms with E-state index in [-0.39, 0.29) is 19.6 Å². The third kappa shape index (κ3) is 23.8. The van der Waals surface area contributed by atoms with Gasteiger partial charge in [0.2, 0.25) is 0 Å². The van der Waals surface area contributed by atoms with Crippen LogP contribution < -0.4 is 0 Å². The average molecular weight is 725 g/mol. The van der Waals surface area contributed by atoms with Crippen molar-refractivity contribution in [1.82, 2.24) is 0 Å². The summed E-state index contributed by atoms with van der Waals surface area (Å²) in [6.07, 6.45) is 18.3. The van der Waals surface area contributed by atoms with Gasteiger partial charge in [-0.15, -0.1) is 0 Å². The second-order valence-corrected chi connectivity index (χ2v) is 14.2. The number of carbonyl (C=O) groups excluding carboxylic acids is 1. The van der Waals surface area contributed by atoms with Crippen LogP contribution in [0.5, 0.6) is 0 Å². The summed E-state index contributed by atoms with van der Waals surface area (Å²) >= 11 is 0. The van der Waals surface area contributed by atoms with Gasteiger partial charge in [0.1, 0.15) is 30.5 Å². The van der Waals surface area contributed by atoms with Crippen LogP contribution in [-0.2, 0) is 38.3 Å². The highest BCUT2D eigenvalue weighted by atomic mass is 32.3. The van der Waals surface area contributed by atoms with Gasteiger partial charge in [-0.05, 0) is 32.1 Å². The van der Waals surface area contributed by atoms with Gasteiger partial charge < -0.3 is 34.3 Å². The van der Waals surface area contributed by atoms with E-state index in [2.05, 4.69) is 30.2 Å². The summed E-state index contributed by atoms with van der Waals surface area (Å²) < 4.78 is 58.7. The lowest BCUT2D eigenvalue weighted by Crippen LogP contribution is -2.60. The maximum atomic E-state index is 12.7. The zero-order valence-corrected chi connectivity index (χ0v) is 31.1. The third-order valence-electron chi connectivity index (χ3n) is 8.64. The van der Waals surface area contributed by atoms with E-state index >= 15 is 0 Å². The van der Waals surface area contributed by atoms with Crippen LogP contribution in [0.3, 0.4) is 0 Å². The Morgan fingerprint density at radius 2 is 1.31 bits per heavy atom. The Hall–Kier alpha value is -1.16. The Balaban J connectivity index is 2.53. The van der Waals surface area contributed by atoms with E-state index in [4.69, 9.17) is 23.5 Å². The van der Waals surface area contributed by atoms with E-state index in [0.717, 1.165) is 57.8 Å². The number of rotatable bonds is 32. The molecule has 4 N–H and O–H groups in total. The number of aliphatic hydroxyl groups excluding tert-OH is 3. The minimum absolute atomic E-state index is 0.0368. The van der Waals surface area contributed by atoms with Gasteiger partial charge in [0.05, 0.1) is 19.8 Å². The fourth-order valence-corrected chi connectivity index (χ4v) is 6.22. The number of aliphatic hydroxyl groups is 3. The fourth-order valence-electron chi connectivity index (χ4n) is 5.71. The second kappa shape index (κ2) is 29.4. The SMILES string of the molecule is CCCC/C=C\CCCCCCCC(=O)OC(COCCCCCCCCCCCCC)COC1OC(CO)C(O)C(OS(=O)(=O)O)C1O. The van der Waals surface area contributed by atoms with Crippen molar-refractivity contribution < 1.29 is 56.2 Å². The minimum Gasteiger partial charge on any atom is -0.457 e. The zero-order chi connectivity index (χ0) is 36.2. The van der Waals surface area contributed by atoms with Crippen LogP contribution in [-0.4, -0.2) is 97.5 Å². The van der Waals surface area contributed by atoms with E-state index in [0.29, 0.717) is 13.0 Å². The summed E-state index contributed by atoms with van der Waals surface area (Å²) in [6, 6.07) is 0. The number of hydrogen-bond acceptors (Lipinski definition) is 11. The van der Waals surface area contributed by atoms with Gasteiger partial charge >= 0.3 is 16.4 Å². The van der Waals surface area contributed by atoms with E-state index < -0.39 is 59.8 Å². The van der Waals surface area contributed by atoms with Crippen LogP contribution in [0.2, 0.25) is 0 Å². The first-order valence-electron chi connectivity index (χ1n) is 18.9. The standard InChI is InChI=1S/C36H68O12S/c1-3-5-7-9-11-13-15-17-19-21-23-25-32(38)46-30(28-44-26-24-22-20-18-16-14-12-10-8-6-4-2)29-45-36-34(40)35(48-49(41,42)43)33(39)31(27-37)47-36/h9,11,30-31,33-37,39-40H,3-8,10,12-29H2,1-2H3,(H,41,42,43)/b11-9-. The molecule has 1 saturated heterocycles. The molecule has 290 valence electrons. The molecule has 1 heterocycles. The maximum Gasteiger partial charge on any atom is 0.397 e. The lowest BCUT2D eigenvalue weighted by Gasteiger charge is -2.41. The molecule has 0 saturated carbocycles. The summed E-state index contributed by atoms with van der Waals surface area (Å²) in [7, 11) is -5.05. The number of ether oxygens (including phenoxy) is 4. The van der Waals surface area contributed by atoms with Crippen LogP contribution in [0, 0.1) is 0 Å². The summed E-state index contributed by atoms with van der Waals surface area (Å²) in [5.74, 6) is -0.410. The van der Waals surface area contributed by atoms with E-state index in [1.807, 2.05) is 0 Å².